The molecule has 0 spiro atoms. The molecule has 0 radical (unpaired) electrons. The van der Waals surface area contributed by atoms with Crippen LogP contribution in [-0.2, 0) is 6.42 Å². The van der Waals surface area contributed by atoms with Crippen LogP contribution in [0.1, 0.15) is 26.6 Å². The number of anilines is 2. The second-order valence-electron chi connectivity index (χ2n) is 3.82. The van der Waals surface area contributed by atoms with Gasteiger partial charge in [0.2, 0.25) is 0 Å². The van der Waals surface area contributed by atoms with Crippen molar-refractivity contribution in [3.8, 4) is 0 Å². The van der Waals surface area contributed by atoms with Crippen molar-refractivity contribution in [2.45, 2.75) is 27.2 Å². The molecule has 1 aromatic heterocycles. The van der Waals surface area contributed by atoms with Crippen molar-refractivity contribution in [2.24, 2.45) is 5.92 Å². The van der Waals surface area contributed by atoms with Crippen LogP contribution < -0.4 is 11.1 Å². The standard InChI is InChI=1S/C10H17ClN4/c1-4-7-14-9(11)8(12)10(15-7)13-5-6(2)3/h6H,4-5,12H2,1-3H3,(H,13,14,15). The average Bonchev–Trinajstić information content (AvgIpc) is 2.19. The second-order valence-corrected chi connectivity index (χ2v) is 4.18. The maximum absolute atomic E-state index is 5.90. The molecule has 5 heteroatoms. The SMILES string of the molecule is CCc1nc(Cl)c(N)c(NCC(C)C)n1. The van der Waals surface area contributed by atoms with Crippen LogP contribution in [-0.4, -0.2) is 16.5 Å². The summed E-state index contributed by atoms with van der Waals surface area (Å²) in [6.45, 7) is 7.04. The first kappa shape index (κ1) is 12.0. The number of hydrogen-bond acceptors (Lipinski definition) is 4. The van der Waals surface area contributed by atoms with Gasteiger partial charge < -0.3 is 11.1 Å². The van der Waals surface area contributed by atoms with Gasteiger partial charge in [0.15, 0.2) is 11.0 Å². The van der Waals surface area contributed by atoms with Gasteiger partial charge in [0.25, 0.3) is 0 Å². The van der Waals surface area contributed by atoms with Crippen molar-refractivity contribution in [2.75, 3.05) is 17.6 Å². The van der Waals surface area contributed by atoms with E-state index in [1.165, 1.54) is 0 Å². The molecule has 0 atom stereocenters. The van der Waals surface area contributed by atoms with Crippen molar-refractivity contribution in [1.82, 2.24) is 9.97 Å². The monoisotopic (exact) mass is 228 g/mol. The molecule has 1 aromatic rings. The molecule has 15 heavy (non-hydrogen) atoms. The lowest BCUT2D eigenvalue weighted by atomic mass is 10.2. The molecule has 0 unspecified atom stereocenters. The number of halogens is 1. The molecule has 1 rings (SSSR count). The molecule has 1 heterocycles. The minimum Gasteiger partial charge on any atom is -0.393 e. The lowest BCUT2D eigenvalue weighted by Crippen LogP contribution is -2.13. The first-order valence-electron chi connectivity index (χ1n) is 5.10. The zero-order valence-electron chi connectivity index (χ0n) is 9.34. The zero-order valence-corrected chi connectivity index (χ0v) is 10.1. The molecule has 0 aliphatic rings. The number of hydrogen-bond donors (Lipinski definition) is 2. The highest BCUT2D eigenvalue weighted by Gasteiger charge is 2.09. The van der Waals surface area contributed by atoms with Crippen LogP contribution in [0.3, 0.4) is 0 Å². The van der Waals surface area contributed by atoms with Crippen LogP contribution in [0.2, 0.25) is 5.15 Å². The summed E-state index contributed by atoms with van der Waals surface area (Å²) < 4.78 is 0. The topological polar surface area (TPSA) is 63.8 Å². The van der Waals surface area contributed by atoms with Gasteiger partial charge in [-0.05, 0) is 5.92 Å². The van der Waals surface area contributed by atoms with Gasteiger partial charge in [-0.25, -0.2) is 9.97 Å². The van der Waals surface area contributed by atoms with Gasteiger partial charge in [0.05, 0.1) is 0 Å². The van der Waals surface area contributed by atoms with Crippen LogP contribution in [0.25, 0.3) is 0 Å². The van der Waals surface area contributed by atoms with E-state index in [4.69, 9.17) is 17.3 Å². The fourth-order valence-electron chi connectivity index (χ4n) is 1.08. The molecule has 0 amide bonds. The Morgan fingerprint density at radius 1 is 1.40 bits per heavy atom. The Labute approximate surface area is 95.3 Å². The molecule has 84 valence electrons. The molecule has 4 nitrogen and oxygen atoms in total. The fourth-order valence-corrected chi connectivity index (χ4v) is 1.27. The Bertz CT molecular complexity index is 338. The van der Waals surface area contributed by atoms with E-state index in [9.17, 15) is 0 Å². The maximum atomic E-state index is 5.90. The van der Waals surface area contributed by atoms with Crippen LogP contribution in [0.4, 0.5) is 11.5 Å². The highest BCUT2D eigenvalue weighted by molar-refractivity contribution is 6.32. The predicted octanol–water partition coefficient (Wildman–Crippen LogP) is 2.34. The van der Waals surface area contributed by atoms with Crippen molar-refractivity contribution >= 4 is 23.1 Å². The van der Waals surface area contributed by atoms with Gasteiger partial charge in [-0.3, -0.25) is 0 Å². The molecule has 0 saturated heterocycles. The predicted molar refractivity (Wildman–Crippen MR) is 64.2 cm³/mol. The number of aromatic nitrogens is 2. The van der Waals surface area contributed by atoms with Gasteiger partial charge >= 0.3 is 0 Å². The summed E-state index contributed by atoms with van der Waals surface area (Å²) in [5.74, 6) is 1.88. The lowest BCUT2D eigenvalue weighted by Gasteiger charge is -2.11. The third kappa shape index (κ3) is 3.23. The summed E-state index contributed by atoms with van der Waals surface area (Å²) >= 11 is 5.90. The highest BCUT2D eigenvalue weighted by Crippen LogP contribution is 2.23. The number of nitrogens with one attached hydrogen (secondary N) is 1. The Morgan fingerprint density at radius 3 is 2.60 bits per heavy atom. The molecular formula is C10H17ClN4. The molecule has 0 bridgehead atoms. The summed E-state index contributed by atoms with van der Waals surface area (Å²) in [6, 6.07) is 0. The summed E-state index contributed by atoms with van der Waals surface area (Å²) in [7, 11) is 0. The van der Waals surface area contributed by atoms with E-state index in [0.29, 0.717) is 28.4 Å². The lowest BCUT2D eigenvalue weighted by molar-refractivity contribution is 0.686. The van der Waals surface area contributed by atoms with Gasteiger partial charge in [-0.15, -0.1) is 0 Å². The largest absolute Gasteiger partial charge is 0.393 e. The van der Waals surface area contributed by atoms with E-state index in [1.807, 2.05) is 6.92 Å². The quantitative estimate of drug-likeness (QED) is 0.777. The van der Waals surface area contributed by atoms with Crippen molar-refractivity contribution < 1.29 is 0 Å². The van der Waals surface area contributed by atoms with E-state index in [2.05, 4.69) is 29.1 Å². The zero-order chi connectivity index (χ0) is 11.4. The van der Waals surface area contributed by atoms with Crippen LogP contribution >= 0.6 is 11.6 Å². The van der Waals surface area contributed by atoms with Crippen LogP contribution in [0.5, 0.6) is 0 Å². The smallest absolute Gasteiger partial charge is 0.157 e. The Balaban J connectivity index is 2.90. The number of aryl methyl sites for hydroxylation is 1. The van der Waals surface area contributed by atoms with Crippen LogP contribution in [0.15, 0.2) is 0 Å². The van der Waals surface area contributed by atoms with Gasteiger partial charge in [-0.2, -0.15) is 0 Å². The Hall–Kier alpha value is -1.03. The first-order chi connectivity index (χ1) is 7.04. The summed E-state index contributed by atoms with van der Waals surface area (Å²) in [5, 5.41) is 3.49. The Morgan fingerprint density at radius 2 is 2.07 bits per heavy atom. The Kier molecular flexibility index (Phi) is 4.15. The molecule has 3 N–H and O–H groups in total. The summed E-state index contributed by atoms with van der Waals surface area (Å²) in [5.41, 5.74) is 6.20. The second kappa shape index (κ2) is 5.16. The maximum Gasteiger partial charge on any atom is 0.157 e. The molecular weight excluding hydrogens is 212 g/mol. The van der Waals surface area contributed by atoms with Gasteiger partial charge in [0, 0.05) is 13.0 Å². The molecule has 0 saturated carbocycles. The minimum absolute atomic E-state index is 0.327. The highest BCUT2D eigenvalue weighted by atomic mass is 35.5. The average molecular weight is 229 g/mol. The van der Waals surface area contributed by atoms with E-state index >= 15 is 0 Å². The molecule has 0 aliphatic carbocycles. The molecule has 0 aliphatic heterocycles. The number of nitrogen functional groups attached to an aromatic ring is 1. The third-order valence-electron chi connectivity index (χ3n) is 1.94. The molecule has 0 fully saturated rings. The third-order valence-corrected chi connectivity index (χ3v) is 2.23. The number of rotatable bonds is 4. The normalized spacial score (nSPS) is 10.7. The summed E-state index contributed by atoms with van der Waals surface area (Å²) in [6.07, 6.45) is 0.746. The number of nitrogens with zero attached hydrogens (tertiary/aromatic N) is 2. The fraction of sp³-hybridized carbons (Fsp3) is 0.600. The number of nitrogens with two attached hydrogens (primary N) is 1. The van der Waals surface area contributed by atoms with E-state index in [-0.39, 0.29) is 0 Å². The van der Waals surface area contributed by atoms with Crippen molar-refractivity contribution in [1.29, 1.82) is 0 Å². The molecule has 0 aromatic carbocycles. The van der Waals surface area contributed by atoms with Crippen LogP contribution in [0, 0.1) is 5.92 Å². The van der Waals surface area contributed by atoms with E-state index < -0.39 is 0 Å². The van der Waals surface area contributed by atoms with Gasteiger partial charge in [0.1, 0.15) is 11.5 Å². The van der Waals surface area contributed by atoms with Crippen molar-refractivity contribution in [3.63, 3.8) is 0 Å². The first-order valence-corrected chi connectivity index (χ1v) is 5.48. The van der Waals surface area contributed by atoms with E-state index in [0.717, 1.165) is 13.0 Å². The van der Waals surface area contributed by atoms with Gasteiger partial charge in [-0.1, -0.05) is 32.4 Å². The summed E-state index contributed by atoms with van der Waals surface area (Å²) in [4.78, 5) is 8.36. The van der Waals surface area contributed by atoms with Crippen molar-refractivity contribution in [3.05, 3.63) is 11.0 Å². The minimum atomic E-state index is 0.327. The van der Waals surface area contributed by atoms with E-state index in [1.54, 1.807) is 0 Å².